The summed E-state index contributed by atoms with van der Waals surface area (Å²) in [6.45, 7) is 0. The predicted octanol–water partition coefficient (Wildman–Crippen LogP) is 3.24. The molecule has 1 aromatic carbocycles. The molecule has 0 aliphatic rings. The maximum Gasteiger partial charge on any atom is 0.137 e. The van der Waals surface area contributed by atoms with Gasteiger partial charge in [-0.05, 0) is 23.8 Å². The Labute approximate surface area is 134 Å². The summed E-state index contributed by atoms with van der Waals surface area (Å²) in [5.74, 6) is 0.833. The first-order valence-electron chi connectivity index (χ1n) is 7.23. The number of ether oxygens (including phenoxy) is 1. The number of benzene rings is 1. The molecule has 5 heteroatoms. The Morgan fingerprint density at radius 3 is 2.74 bits per heavy atom. The molecule has 0 unspecified atom stereocenters. The summed E-state index contributed by atoms with van der Waals surface area (Å²) in [5.41, 5.74) is 10.5. The van der Waals surface area contributed by atoms with E-state index in [1.807, 2.05) is 30.5 Å². The van der Waals surface area contributed by atoms with Crippen LogP contribution in [0.25, 0.3) is 27.7 Å². The molecule has 116 valence electrons. The van der Waals surface area contributed by atoms with E-state index < -0.39 is 0 Å². The Bertz CT molecular complexity index is 876. The van der Waals surface area contributed by atoms with Crippen molar-refractivity contribution in [2.75, 3.05) is 14.2 Å². The van der Waals surface area contributed by atoms with E-state index in [2.05, 4.69) is 21.0 Å². The highest BCUT2D eigenvalue weighted by atomic mass is 16.5. The number of pyridine rings is 1. The van der Waals surface area contributed by atoms with Gasteiger partial charge in [-0.3, -0.25) is 4.99 Å². The lowest BCUT2D eigenvalue weighted by molar-refractivity contribution is 0.415. The van der Waals surface area contributed by atoms with E-state index in [-0.39, 0.29) is 0 Å². The van der Waals surface area contributed by atoms with Crippen molar-refractivity contribution in [1.29, 1.82) is 0 Å². The predicted molar refractivity (Wildman–Crippen MR) is 94.7 cm³/mol. The third-order valence-electron chi connectivity index (χ3n) is 3.71. The number of aromatic amines is 1. The molecule has 5 nitrogen and oxygen atoms in total. The minimum absolute atomic E-state index is 0.833. The topological polar surface area (TPSA) is 76.3 Å². The smallest absolute Gasteiger partial charge is 0.137 e. The van der Waals surface area contributed by atoms with E-state index in [0.717, 1.165) is 39.0 Å². The summed E-state index contributed by atoms with van der Waals surface area (Å²) in [4.78, 5) is 11.7. The van der Waals surface area contributed by atoms with Crippen LogP contribution in [0.15, 0.2) is 53.9 Å². The van der Waals surface area contributed by atoms with E-state index in [0.29, 0.717) is 0 Å². The average molecular weight is 306 g/mol. The van der Waals surface area contributed by atoms with E-state index >= 15 is 0 Å². The average Bonchev–Trinajstić information content (AvgIpc) is 3.03. The molecule has 2 aromatic heterocycles. The first-order valence-corrected chi connectivity index (χ1v) is 7.23. The van der Waals surface area contributed by atoms with Gasteiger partial charge in [-0.1, -0.05) is 12.1 Å². The van der Waals surface area contributed by atoms with Crippen LogP contribution in [0.3, 0.4) is 0 Å². The van der Waals surface area contributed by atoms with Crippen molar-refractivity contribution in [1.82, 2.24) is 9.97 Å². The largest absolute Gasteiger partial charge is 0.497 e. The van der Waals surface area contributed by atoms with Gasteiger partial charge < -0.3 is 15.5 Å². The van der Waals surface area contributed by atoms with Gasteiger partial charge in [-0.15, -0.1) is 0 Å². The normalized spacial score (nSPS) is 12.2. The summed E-state index contributed by atoms with van der Waals surface area (Å²) >= 11 is 0. The zero-order valence-corrected chi connectivity index (χ0v) is 13.1. The number of H-pyrrole nitrogens is 1. The number of nitrogens with one attached hydrogen (secondary N) is 1. The monoisotopic (exact) mass is 306 g/mol. The highest BCUT2D eigenvalue weighted by Crippen LogP contribution is 2.30. The molecule has 0 atom stereocenters. The Morgan fingerprint density at radius 2 is 2.09 bits per heavy atom. The molecule has 0 radical (unpaired) electrons. The number of hydrogen-bond donors (Lipinski definition) is 2. The SMILES string of the molecule is CN=CC(=CN)c1cnc2[nH]cc(-c3ccc(OC)cc3)c2c1. The molecule has 0 aliphatic heterocycles. The van der Waals surface area contributed by atoms with Crippen molar-refractivity contribution in [2.24, 2.45) is 10.7 Å². The fraction of sp³-hybridized carbons (Fsp3) is 0.111. The number of allylic oxidation sites excluding steroid dienone is 1. The van der Waals surface area contributed by atoms with Crippen molar-refractivity contribution < 1.29 is 4.74 Å². The number of rotatable bonds is 4. The van der Waals surface area contributed by atoms with E-state index in [1.165, 1.54) is 6.20 Å². The quantitative estimate of drug-likeness (QED) is 0.726. The van der Waals surface area contributed by atoms with Gasteiger partial charge in [-0.2, -0.15) is 0 Å². The maximum absolute atomic E-state index is 5.69. The van der Waals surface area contributed by atoms with Crippen molar-refractivity contribution in [3.63, 3.8) is 0 Å². The molecule has 0 fully saturated rings. The molecule has 3 rings (SSSR count). The number of fused-ring (bicyclic) bond motifs is 1. The van der Waals surface area contributed by atoms with Gasteiger partial charge in [0.25, 0.3) is 0 Å². The van der Waals surface area contributed by atoms with Crippen LogP contribution in [-0.4, -0.2) is 30.3 Å². The summed E-state index contributed by atoms with van der Waals surface area (Å²) in [6, 6.07) is 10.0. The lowest BCUT2D eigenvalue weighted by Crippen LogP contribution is -1.92. The fourth-order valence-electron chi connectivity index (χ4n) is 2.52. The summed E-state index contributed by atoms with van der Waals surface area (Å²) in [7, 11) is 3.38. The van der Waals surface area contributed by atoms with Gasteiger partial charge in [0.05, 0.1) is 7.11 Å². The molecular formula is C18H18N4O. The Morgan fingerprint density at radius 1 is 1.30 bits per heavy atom. The maximum atomic E-state index is 5.69. The Hall–Kier alpha value is -3.08. The fourth-order valence-corrected chi connectivity index (χ4v) is 2.52. The van der Waals surface area contributed by atoms with Crippen LogP contribution in [0.4, 0.5) is 0 Å². The van der Waals surface area contributed by atoms with Crippen molar-refractivity contribution in [3.05, 3.63) is 54.5 Å². The van der Waals surface area contributed by atoms with E-state index in [9.17, 15) is 0 Å². The lowest BCUT2D eigenvalue weighted by atomic mass is 10.0. The number of aliphatic imine (C=N–C) groups is 1. The minimum Gasteiger partial charge on any atom is -0.497 e. The number of methoxy groups -OCH3 is 1. The van der Waals surface area contributed by atoms with Crippen LogP contribution in [0, 0.1) is 0 Å². The van der Waals surface area contributed by atoms with Crippen molar-refractivity contribution in [3.8, 4) is 16.9 Å². The summed E-state index contributed by atoms with van der Waals surface area (Å²) in [5, 5.41) is 1.04. The van der Waals surface area contributed by atoms with Gasteiger partial charge in [0.2, 0.25) is 0 Å². The summed E-state index contributed by atoms with van der Waals surface area (Å²) in [6.07, 6.45) is 7.01. The molecule has 0 amide bonds. The molecule has 0 aliphatic carbocycles. The van der Waals surface area contributed by atoms with E-state index in [1.54, 1.807) is 26.6 Å². The summed E-state index contributed by atoms with van der Waals surface area (Å²) < 4.78 is 5.21. The Kier molecular flexibility index (Phi) is 4.10. The Balaban J connectivity index is 2.11. The van der Waals surface area contributed by atoms with Crippen LogP contribution in [-0.2, 0) is 0 Å². The van der Waals surface area contributed by atoms with Crippen molar-refractivity contribution >= 4 is 22.8 Å². The third kappa shape index (κ3) is 2.81. The molecule has 3 N–H and O–H groups in total. The standard InChI is InChI=1S/C18H18N4O/c1-20-9-14(8-19)13-7-16-17(11-22-18(16)21-10-13)12-3-5-15(23-2)6-4-12/h3-11H,19H2,1-2H3,(H,21,22). The van der Waals surface area contributed by atoms with Crippen LogP contribution in [0.5, 0.6) is 5.75 Å². The number of hydrogen-bond acceptors (Lipinski definition) is 4. The van der Waals surface area contributed by atoms with Crippen molar-refractivity contribution in [2.45, 2.75) is 0 Å². The zero-order valence-electron chi connectivity index (χ0n) is 13.1. The highest BCUT2D eigenvalue weighted by molar-refractivity contribution is 6.10. The third-order valence-corrected chi connectivity index (χ3v) is 3.71. The second kappa shape index (κ2) is 6.36. The highest BCUT2D eigenvalue weighted by Gasteiger charge is 2.09. The van der Waals surface area contributed by atoms with Gasteiger partial charge in [0, 0.05) is 53.9 Å². The van der Waals surface area contributed by atoms with Gasteiger partial charge in [-0.25, -0.2) is 4.98 Å². The van der Waals surface area contributed by atoms with Crippen LogP contribution < -0.4 is 10.5 Å². The molecule has 0 saturated carbocycles. The molecule has 0 spiro atoms. The first-order chi connectivity index (χ1) is 11.3. The molecular weight excluding hydrogens is 288 g/mol. The molecule has 23 heavy (non-hydrogen) atoms. The van der Waals surface area contributed by atoms with Crippen LogP contribution in [0.1, 0.15) is 5.56 Å². The first kappa shape index (κ1) is 14.8. The van der Waals surface area contributed by atoms with Gasteiger partial charge >= 0.3 is 0 Å². The second-order valence-corrected chi connectivity index (χ2v) is 5.06. The van der Waals surface area contributed by atoms with Crippen LogP contribution in [0.2, 0.25) is 0 Å². The molecule has 2 heterocycles. The van der Waals surface area contributed by atoms with Gasteiger partial charge in [0.1, 0.15) is 11.4 Å². The number of nitrogens with zero attached hydrogens (tertiary/aromatic N) is 2. The molecule has 3 aromatic rings. The van der Waals surface area contributed by atoms with Gasteiger partial charge in [0.15, 0.2) is 0 Å². The lowest BCUT2D eigenvalue weighted by Gasteiger charge is -2.04. The minimum atomic E-state index is 0.833. The molecule has 0 saturated heterocycles. The molecule has 0 bridgehead atoms. The number of aromatic nitrogens is 2. The zero-order chi connectivity index (χ0) is 16.2. The van der Waals surface area contributed by atoms with Crippen LogP contribution >= 0.6 is 0 Å². The number of nitrogens with two attached hydrogens (primary N) is 1. The second-order valence-electron chi connectivity index (χ2n) is 5.06. The van der Waals surface area contributed by atoms with E-state index in [4.69, 9.17) is 10.5 Å².